The predicted molar refractivity (Wildman–Crippen MR) is 75.6 cm³/mol. The number of aliphatic hydroxyl groups is 1. The van der Waals surface area contributed by atoms with E-state index < -0.39 is 0 Å². The lowest BCUT2D eigenvalue weighted by Crippen LogP contribution is -2.37. The molecule has 2 aromatic carbocycles. The maximum atomic E-state index is 8.83. The monoisotopic (exact) mass is 244 g/mol. The van der Waals surface area contributed by atoms with Crippen molar-refractivity contribution in [2.75, 3.05) is 19.7 Å². The van der Waals surface area contributed by atoms with Gasteiger partial charge in [-0.15, -0.1) is 0 Å². The summed E-state index contributed by atoms with van der Waals surface area (Å²) in [6, 6.07) is 14.6. The van der Waals surface area contributed by atoms with E-state index in [1.807, 2.05) is 0 Å². The van der Waals surface area contributed by atoms with Gasteiger partial charge in [0.1, 0.15) is 0 Å². The highest BCUT2D eigenvalue weighted by Gasteiger charge is 2.01. The number of aliphatic hydroxyl groups excluding tert-OH is 1. The minimum absolute atomic E-state index is 0.0290. The Labute approximate surface area is 108 Å². The zero-order valence-corrected chi connectivity index (χ0v) is 10.5. The summed E-state index contributed by atoms with van der Waals surface area (Å²) in [6.07, 6.45) is 0.972. The third-order valence-corrected chi connectivity index (χ3v) is 3.09. The molecule has 2 aromatic rings. The highest BCUT2D eigenvalue weighted by Crippen LogP contribution is 2.18. The zero-order valence-electron chi connectivity index (χ0n) is 10.5. The lowest BCUT2D eigenvalue weighted by Gasteiger charge is -2.10. The molecule has 3 nitrogen and oxygen atoms in total. The lowest BCUT2D eigenvalue weighted by atomic mass is 10.0. The minimum atomic E-state index is -0.169. The standard InChI is InChI=1S/C15H20N2O/c16-14(11-18)10-17-9-8-13-6-3-5-12-4-1-2-7-15(12)13/h1-7,14,17-18H,8-11,16H2. The van der Waals surface area contributed by atoms with Crippen LogP contribution in [0.5, 0.6) is 0 Å². The van der Waals surface area contributed by atoms with Gasteiger partial charge in [0.25, 0.3) is 0 Å². The van der Waals surface area contributed by atoms with Gasteiger partial charge in [-0.1, -0.05) is 42.5 Å². The molecule has 96 valence electrons. The first-order valence-corrected chi connectivity index (χ1v) is 6.35. The quantitative estimate of drug-likeness (QED) is 0.671. The maximum Gasteiger partial charge on any atom is 0.0594 e. The summed E-state index contributed by atoms with van der Waals surface area (Å²) in [5.41, 5.74) is 6.98. The maximum absolute atomic E-state index is 8.83. The molecule has 3 heteroatoms. The van der Waals surface area contributed by atoms with Crippen LogP contribution in [-0.2, 0) is 6.42 Å². The van der Waals surface area contributed by atoms with Crippen molar-refractivity contribution in [2.24, 2.45) is 5.73 Å². The number of hydrogen-bond acceptors (Lipinski definition) is 3. The molecule has 0 bridgehead atoms. The Morgan fingerprint density at radius 3 is 2.72 bits per heavy atom. The molecule has 0 saturated carbocycles. The summed E-state index contributed by atoms with van der Waals surface area (Å²) in [5.74, 6) is 0. The Balaban J connectivity index is 1.95. The van der Waals surface area contributed by atoms with E-state index in [-0.39, 0.29) is 12.6 Å². The summed E-state index contributed by atoms with van der Waals surface area (Å²) >= 11 is 0. The van der Waals surface area contributed by atoms with Crippen molar-refractivity contribution >= 4 is 10.8 Å². The Morgan fingerprint density at radius 2 is 1.89 bits per heavy atom. The fourth-order valence-electron chi connectivity index (χ4n) is 2.09. The van der Waals surface area contributed by atoms with Gasteiger partial charge < -0.3 is 16.2 Å². The van der Waals surface area contributed by atoms with Crippen LogP contribution >= 0.6 is 0 Å². The summed E-state index contributed by atoms with van der Waals surface area (Å²) < 4.78 is 0. The summed E-state index contributed by atoms with van der Waals surface area (Å²) in [6.45, 7) is 1.56. The Morgan fingerprint density at radius 1 is 1.11 bits per heavy atom. The van der Waals surface area contributed by atoms with Crippen LogP contribution in [0.2, 0.25) is 0 Å². The van der Waals surface area contributed by atoms with Crippen molar-refractivity contribution in [2.45, 2.75) is 12.5 Å². The summed E-state index contributed by atoms with van der Waals surface area (Å²) in [7, 11) is 0. The molecule has 0 radical (unpaired) electrons. The summed E-state index contributed by atoms with van der Waals surface area (Å²) in [5, 5.41) is 14.7. The molecule has 1 unspecified atom stereocenters. The van der Waals surface area contributed by atoms with E-state index >= 15 is 0 Å². The van der Waals surface area contributed by atoms with Crippen LogP contribution in [0.1, 0.15) is 5.56 Å². The number of benzene rings is 2. The van der Waals surface area contributed by atoms with Gasteiger partial charge in [0.2, 0.25) is 0 Å². The number of nitrogens with one attached hydrogen (secondary N) is 1. The van der Waals surface area contributed by atoms with Crippen LogP contribution in [0.4, 0.5) is 0 Å². The van der Waals surface area contributed by atoms with E-state index in [1.165, 1.54) is 16.3 Å². The molecule has 4 N–H and O–H groups in total. The fourth-order valence-corrected chi connectivity index (χ4v) is 2.09. The number of nitrogens with two attached hydrogens (primary N) is 1. The molecule has 0 aliphatic carbocycles. The molecule has 0 amide bonds. The second-order valence-corrected chi connectivity index (χ2v) is 4.54. The Kier molecular flexibility index (Phi) is 4.70. The van der Waals surface area contributed by atoms with E-state index in [0.717, 1.165) is 13.0 Å². The van der Waals surface area contributed by atoms with Crippen LogP contribution in [0, 0.1) is 0 Å². The number of rotatable bonds is 6. The molecule has 18 heavy (non-hydrogen) atoms. The van der Waals surface area contributed by atoms with Gasteiger partial charge in [-0.3, -0.25) is 0 Å². The van der Waals surface area contributed by atoms with Crippen LogP contribution in [-0.4, -0.2) is 30.8 Å². The Hall–Kier alpha value is -1.42. The van der Waals surface area contributed by atoms with Gasteiger partial charge in [-0.2, -0.15) is 0 Å². The second-order valence-electron chi connectivity index (χ2n) is 4.54. The van der Waals surface area contributed by atoms with Crippen molar-refractivity contribution in [1.29, 1.82) is 0 Å². The third-order valence-electron chi connectivity index (χ3n) is 3.09. The van der Waals surface area contributed by atoms with Crippen molar-refractivity contribution in [3.63, 3.8) is 0 Å². The van der Waals surface area contributed by atoms with Crippen molar-refractivity contribution in [3.8, 4) is 0 Å². The third kappa shape index (κ3) is 3.29. The first kappa shape index (κ1) is 13.0. The minimum Gasteiger partial charge on any atom is -0.395 e. The van der Waals surface area contributed by atoms with E-state index in [0.29, 0.717) is 6.54 Å². The second kappa shape index (κ2) is 6.50. The van der Waals surface area contributed by atoms with Gasteiger partial charge in [-0.05, 0) is 29.3 Å². The van der Waals surface area contributed by atoms with Gasteiger partial charge in [0, 0.05) is 12.6 Å². The van der Waals surface area contributed by atoms with Gasteiger partial charge in [0.15, 0.2) is 0 Å². The molecule has 0 aliphatic heterocycles. The highest BCUT2D eigenvalue weighted by atomic mass is 16.3. The van der Waals surface area contributed by atoms with Gasteiger partial charge in [-0.25, -0.2) is 0 Å². The van der Waals surface area contributed by atoms with E-state index in [4.69, 9.17) is 10.8 Å². The van der Waals surface area contributed by atoms with Crippen molar-refractivity contribution < 1.29 is 5.11 Å². The molecule has 0 fully saturated rings. The van der Waals surface area contributed by atoms with Crippen molar-refractivity contribution in [1.82, 2.24) is 5.32 Å². The largest absolute Gasteiger partial charge is 0.395 e. The highest BCUT2D eigenvalue weighted by molar-refractivity contribution is 5.85. The molecule has 0 saturated heterocycles. The average Bonchev–Trinajstić information content (AvgIpc) is 2.43. The molecule has 0 aliphatic rings. The molecular weight excluding hydrogens is 224 g/mol. The SMILES string of the molecule is NC(CO)CNCCc1cccc2ccccc12. The molecular formula is C15H20N2O. The Bertz CT molecular complexity index is 493. The molecule has 2 rings (SSSR count). The van der Waals surface area contributed by atoms with E-state index in [9.17, 15) is 0 Å². The first-order chi connectivity index (χ1) is 8.81. The van der Waals surface area contributed by atoms with Crippen molar-refractivity contribution in [3.05, 3.63) is 48.0 Å². The average molecular weight is 244 g/mol. The number of fused-ring (bicyclic) bond motifs is 1. The number of hydrogen-bond donors (Lipinski definition) is 3. The molecule has 1 atom stereocenters. The molecule has 0 aromatic heterocycles. The van der Waals surface area contributed by atoms with Crippen LogP contribution in [0.25, 0.3) is 10.8 Å². The normalized spacial score (nSPS) is 12.8. The first-order valence-electron chi connectivity index (χ1n) is 6.35. The zero-order chi connectivity index (χ0) is 12.8. The van der Waals surface area contributed by atoms with Crippen LogP contribution < -0.4 is 11.1 Å². The van der Waals surface area contributed by atoms with Gasteiger partial charge >= 0.3 is 0 Å². The summed E-state index contributed by atoms with van der Waals surface area (Å²) in [4.78, 5) is 0. The molecule has 0 spiro atoms. The van der Waals surface area contributed by atoms with E-state index in [1.54, 1.807) is 0 Å². The van der Waals surface area contributed by atoms with E-state index in [2.05, 4.69) is 47.8 Å². The van der Waals surface area contributed by atoms with Gasteiger partial charge in [0.05, 0.1) is 6.61 Å². The predicted octanol–water partition coefficient (Wildman–Crippen LogP) is 1.29. The smallest absolute Gasteiger partial charge is 0.0594 e. The lowest BCUT2D eigenvalue weighted by molar-refractivity contribution is 0.262. The van der Waals surface area contributed by atoms with Crippen LogP contribution in [0.15, 0.2) is 42.5 Å². The molecule has 0 heterocycles. The topological polar surface area (TPSA) is 58.3 Å². The fraction of sp³-hybridized carbons (Fsp3) is 0.333. The van der Waals surface area contributed by atoms with Crippen LogP contribution in [0.3, 0.4) is 0 Å².